The van der Waals surface area contributed by atoms with E-state index in [0.29, 0.717) is 0 Å². The fourth-order valence-electron chi connectivity index (χ4n) is 2.84. The first-order valence-corrected chi connectivity index (χ1v) is 8.76. The Bertz CT molecular complexity index is 764. The van der Waals surface area contributed by atoms with Crippen LogP contribution in [0.25, 0.3) is 11.6 Å². The molecule has 0 aliphatic carbocycles. The SMILES string of the molecule is Nc1ccc(Cl)cc1C1=CCN(C/C=C/c2ccc(Cl)cc2)CC1. The Hall–Kier alpha value is -1.74. The van der Waals surface area contributed by atoms with Gasteiger partial charge >= 0.3 is 0 Å². The molecule has 0 fully saturated rings. The molecule has 2 nitrogen and oxygen atoms in total. The van der Waals surface area contributed by atoms with Gasteiger partial charge in [0.05, 0.1) is 0 Å². The zero-order valence-electron chi connectivity index (χ0n) is 13.4. The van der Waals surface area contributed by atoms with Gasteiger partial charge in [0.2, 0.25) is 0 Å². The molecule has 0 aromatic heterocycles. The van der Waals surface area contributed by atoms with Gasteiger partial charge in [-0.2, -0.15) is 0 Å². The maximum Gasteiger partial charge on any atom is 0.0413 e. The number of halogens is 2. The van der Waals surface area contributed by atoms with Crippen LogP contribution in [0, 0.1) is 0 Å². The minimum absolute atomic E-state index is 0.730. The van der Waals surface area contributed by atoms with Crippen molar-refractivity contribution in [2.24, 2.45) is 0 Å². The molecule has 0 atom stereocenters. The predicted octanol–water partition coefficient (Wildman–Crippen LogP) is 5.38. The van der Waals surface area contributed by atoms with Gasteiger partial charge < -0.3 is 5.73 Å². The van der Waals surface area contributed by atoms with Crippen LogP contribution in [0.4, 0.5) is 5.69 Å². The van der Waals surface area contributed by atoms with Gasteiger partial charge in [0, 0.05) is 40.9 Å². The lowest BCUT2D eigenvalue weighted by atomic mass is 9.98. The molecule has 0 unspecified atom stereocenters. The fraction of sp³-hybridized carbons (Fsp3) is 0.200. The van der Waals surface area contributed by atoms with Gasteiger partial charge in [-0.1, -0.05) is 53.6 Å². The Morgan fingerprint density at radius 2 is 1.79 bits per heavy atom. The third kappa shape index (κ3) is 4.41. The summed E-state index contributed by atoms with van der Waals surface area (Å²) in [7, 11) is 0. The van der Waals surface area contributed by atoms with E-state index in [1.54, 1.807) is 0 Å². The van der Waals surface area contributed by atoms with Crippen molar-refractivity contribution >= 4 is 40.5 Å². The van der Waals surface area contributed by atoms with Crippen molar-refractivity contribution in [3.63, 3.8) is 0 Å². The van der Waals surface area contributed by atoms with Crippen molar-refractivity contribution in [2.75, 3.05) is 25.4 Å². The van der Waals surface area contributed by atoms with Crippen LogP contribution in [0.1, 0.15) is 17.5 Å². The quantitative estimate of drug-likeness (QED) is 0.743. The molecule has 2 N–H and O–H groups in total. The van der Waals surface area contributed by atoms with Gasteiger partial charge in [0.25, 0.3) is 0 Å². The highest BCUT2D eigenvalue weighted by Gasteiger charge is 2.14. The summed E-state index contributed by atoms with van der Waals surface area (Å²) in [6, 6.07) is 13.5. The van der Waals surface area contributed by atoms with E-state index < -0.39 is 0 Å². The van der Waals surface area contributed by atoms with Crippen LogP contribution >= 0.6 is 23.2 Å². The minimum Gasteiger partial charge on any atom is -0.398 e. The first-order chi connectivity index (χ1) is 11.6. The normalized spacial score (nSPS) is 15.7. The van der Waals surface area contributed by atoms with E-state index in [2.05, 4.69) is 23.1 Å². The number of hydrogen-bond acceptors (Lipinski definition) is 2. The van der Waals surface area contributed by atoms with Crippen LogP contribution in [0.5, 0.6) is 0 Å². The monoisotopic (exact) mass is 358 g/mol. The predicted molar refractivity (Wildman–Crippen MR) is 105 cm³/mol. The van der Waals surface area contributed by atoms with Crippen molar-refractivity contribution in [3.8, 4) is 0 Å². The lowest BCUT2D eigenvalue weighted by Crippen LogP contribution is -2.28. The summed E-state index contributed by atoms with van der Waals surface area (Å²) in [5, 5.41) is 1.49. The average Bonchev–Trinajstić information content (AvgIpc) is 2.59. The van der Waals surface area contributed by atoms with E-state index in [9.17, 15) is 0 Å². The van der Waals surface area contributed by atoms with Crippen molar-refractivity contribution in [2.45, 2.75) is 6.42 Å². The molecule has 0 amide bonds. The van der Waals surface area contributed by atoms with Gasteiger partial charge in [-0.25, -0.2) is 0 Å². The maximum atomic E-state index is 6.09. The molecule has 0 spiro atoms. The Balaban J connectivity index is 1.59. The first-order valence-electron chi connectivity index (χ1n) is 8.01. The number of rotatable bonds is 4. The lowest BCUT2D eigenvalue weighted by Gasteiger charge is -2.25. The van der Waals surface area contributed by atoms with Crippen LogP contribution in [0.15, 0.2) is 54.6 Å². The summed E-state index contributed by atoms with van der Waals surface area (Å²) in [6.45, 7) is 2.87. The molecule has 124 valence electrons. The lowest BCUT2D eigenvalue weighted by molar-refractivity contribution is 0.335. The van der Waals surface area contributed by atoms with Crippen molar-refractivity contribution in [3.05, 3.63) is 75.8 Å². The Labute approximate surface area is 153 Å². The molecule has 1 heterocycles. The van der Waals surface area contributed by atoms with Crippen LogP contribution in [-0.4, -0.2) is 24.5 Å². The third-order valence-electron chi connectivity index (χ3n) is 4.20. The number of nitrogens with two attached hydrogens (primary N) is 1. The molecule has 1 aliphatic heterocycles. The summed E-state index contributed by atoms with van der Waals surface area (Å²) >= 11 is 12.0. The second-order valence-corrected chi connectivity index (χ2v) is 6.80. The molecule has 1 aliphatic rings. The van der Waals surface area contributed by atoms with Crippen LogP contribution < -0.4 is 5.73 Å². The van der Waals surface area contributed by atoms with Gasteiger partial charge in [0.1, 0.15) is 0 Å². The van der Waals surface area contributed by atoms with Crippen LogP contribution in [0.2, 0.25) is 10.0 Å². The number of benzene rings is 2. The summed E-state index contributed by atoms with van der Waals surface area (Å²) in [6.07, 6.45) is 7.56. The maximum absolute atomic E-state index is 6.09. The van der Waals surface area contributed by atoms with Crippen molar-refractivity contribution in [1.82, 2.24) is 4.90 Å². The molecule has 3 rings (SSSR count). The molecule has 0 radical (unpaired) electrons. The molecule has 2 aromatic rings. The van der Waals surface area contributed by atoms with Crippen molar-refractivity contribution < 1.29 is 0 Å². The zero-order chi connectivity index (χ0) is 16.9. The topological polar surface area (TPSA) is 29.3 Å². The van der Waals surface area contributed by atoms with E-state index in [0.717, 1.165) is 47.4 Å². The fourth-order valence-corrected chi connectivity index (χ4v) is 3.14. The Kier molecular flexibility index (Phi) is 5.62. The summed E-state index contributed by atoms with van der Waals surface area (Å²) in [4.78, 5) is 2.40. The zero-order valence-corrected chi connectivity index (χ0v) is 14.9. The number of hydrogen-bond donors (Lipinski definition) is 1. The van der Waals surface area contributed by atoms with E-state index in [1.807, 2.05) is 42.5 Å². The largest absolute Gasteiger partial charge is 0.398 e. The van der Waals surface area contributed by atoms with Crippen LogP contribution in [0.3, 0.4) is 0 Å². The molecule has 24 heavy (non-hydrogen) atoms. The van der Waals surface area contributed by atoms with E-state index >= 15 is 0 Å². The Morgan fingerprint density at radius 3 is 2.50 bits per heavy atom. The molecule has 0 saturated heterocycles. The van der Waals surface area contributed by atoms with Gasteiger partial charge in [-0.05, 0) is 47.9 Å². The summed E-state index contributed by atoms with van der Waals surface area (Å²) < 4.78 is 0. The van der Waals surface area contributed by atoms with E-state index in [1.165, 1.54) is 11.1 Å². The standard InChI is InChI=1S/C20H20Cl2N2/c21-17-5-3-15(4-6-17)2-1-11-24-12-9-16(10-13-24)19-14-18(22)7-8-20(19)23/h1-9,14H,10-13,23H2/b2-1+. The number of nitrogen functional groups attached to an aromatic ring is 1. The Morgan fingerprint density at radius 1 is 1.04 bits per heavy atom. The highest BCUT2D eigenvalue weighted by molar-refractivity contribution is 6.31. The van der Waals surface area contributed by atoms with Crippen molar-refractivity contribution in [1.29, 1.82) is 0 Å². The van der Waals surface area contributed by atoms with Gasteiger partial charge in [0.15, 0.2) is 0 Å². The number of anilines is 1. The highest BCUT2D eigenvalue weighted by atomic mass is 35.5. The second-order valence-electron chi connectivity index (χ2n) is 5.92. The van der Waals surface area contributed by atoms with Gasteiger partial charge in [-0.15, -0.1) is 0 Å². The third-order valence-corrected chi connectivity index (χ3v) is 4.69. The average molecular weight is 359 g/mol. The van der Waals surface area contributed by atoms with E-state index in [4.69, 9.17) is 28.9 Å². The summed E-state index contributed by atoms with van der Waals surface area (Å²) in [5.41, 5.74) is 10.4. The number of nitrogens with zero attached hydrogens (tertiary/aromatic N) is 1. The molecule has 2 aromatic carbocycles. The van der Waals surface area contributed by atoms with Crippen LogP contribution in [-0.2, 0) is 0 Å². The summed E-state index contributed by atoms with van der Waals surface area (Å²) in [5.74, 6) is 0. The minimum atomic E-state index is 0.730. The highest BCUT2D eigenvalue weighted by Crippen LogP contribution is 2.29. The second kappa shape index (κ2) is 7.89. The van der Waals surface area contributed by atoms with E-state index in [-0.39, 0.29) is 0 Å². The molecular weight excluding hydrogens is 339 g/mol. The van der Waals surface area contributed by atoms with Gasteiger partial charge in [-0.3, -0.25) is 4.90 Å². The molecular formula is C20H20Cl2N2. The molecule has 0 bridgehead atoms. The smallest absolute Gasteiger partial charge is 0.0413 e. The molecule has 0 saturated carbocycles. The molecule has 4 heteroatoms. The first kappa shape index (κ1) is 17.1.